The van der Waals surface area contributed by atoms with Crippen molar-refractivity contribution in [3.8, 4) is 0 Å². The number of fused-ring (bicyclic) bond motifs is 1. The Morgan fingerprint density at radius 3 is 3.07 bits per heavy atom. The fourth-order valence-electron chi connectivity index (χ4n) is 1.99. The van der Waals surface area contributed by atoms with Crippen molar-refractivity contribution in [1.29, 1.82) is 0 Å². The third-order valence-corrected chi connectivity index (χ3v) is 4.96. The van der Waals surface area contributed by atoms with E-state index >= 15 is 0 Å². The highest BCUT2D eigenvalue weighted by Crippen LogP contribution is 2.36. The quantitative estimate of drug-likeness (QED) is 0.819. The molecular weight excluding hydrogens is 246 g/mol. The molecule has 0 aromatic carbocycles. The van der Waals surface area contributed by atoms with E-state index in [4.69, 9.17) is 11.6 Å². The second kappa shape index (κ2) is 3.91. The van der Waals surface area contributed by atoms with Gasteiger partial charge in [-0.2, -0.15) is 0 Å². The highest BCUT2D eigenvalue weighted by atomic mass is 35.5. The lowest BCUT2D eigenvalue weighted by Crippen LogP contribution is -2.28. The average molecular weight is 256 g/mol. The molecule has 1 atom stereocenters. The molecule has 0 spiro atoms. The van der Waals surface area contributed by atoms with Crippen LogP contribution in [0.25, 0.3) is 0 Å². The van der Waals surface area contributed by atoms with Crippen LogP contribution < -0.4 is 5.32 Å². The van der Waals surface area contributed by atoms with Gasteiger partial charge in [0.25, 0.3) is 0 Å². The molecule has 0 saturated heterocycles. The number of thiophene rings is 2. The monoisotopic (exact) mass is 255 g/mol. The van der Waals surface area contributed by atoms with Crippen LogP contribution in [0, 0.1) is 0 Å². The first kappa shape index (κ1) is 9.85. The first-order chi connectivity index (χ1) is 7.34. The normalized spacial score (nSPS) is 20.2. The smallest absolute Gasteiger partial charge is 0.0931 e. The Bertz CT molecular complexity index is 474. The van der Waals surface area contributed by atoms with Crippen LogP contribution in [0.1, 0.15) is 21.4 Å². The maximum absolute atomic E-state index is 5.97. The Morgan fingerprint density at radius 1 is 1.33 bits per heavy atom. The fraction of sp³-hybridized carbons (Fsp3) is 0.273. The molecule has 4 heteroatoms. The molecular formula is C11H10ClNS2. The van der Waals surface area contributed by atoms with E-state index in [1.807, 2.05) is 17.4 Å². The van der Waals surface area contributed by atoms with E-state index in [1.165, 1.54) is 15.3 Å². The van der Waals surface area contributed by atoms with Crippen molar-refractivity contribution in [2.24, 2.45) is 0 Å². The number of rotatable bonds is 1. The summed E-state index contributed by atoms with van der Waals surface area (Å²) in [6.45, 7) is 1.06. The van der Waals surface area contributed by atoms with E-state index in [0.29, 0.717) is 6.04 Å². The molecule has 0 amide bonds. The number of nitrogens with one attached hydrogen (secondary N) is 1. The lowest BCUT2D eigenvalue weighted by molar-refractivity contribution is 0.582. The van der Waals surface area contributed by atoms with E-state index in [0.717, 1.165) is 17.3 Å². The Morgan fingerprint density at radius 2 is 2.27 bits per heavy atom. The van der Waals surface area contributed by atoms with E-state index < -0.39 is 0 Å². The van der Waals surface area contributed by atoms with Gasteiger partial charge in [0, 0.05) is 16.3 Å². The number of hydrogen-bond acceptors (Lipinski definition) is 3. The van der Waals surface area contributed by atoms with Crippen LogP contribution in [-0.2, 0) is 6.42 Å². The lowest BCUT2D eigenvalue weighted by Gasteiger charge is -2.23. The van der Waals surface area contributed by atoms with E-state index in [9.17, 15) is 0 Å². The Kier molecular flexibility index (Phi) is 2.56. The van der Waals surface area contributed by atoms with Crippen molar-refractivity contribution in [3.63, 3.8) is 0 Å². The predicted octanol–water partition coefficient (Wildman–Crippen LogP) is 3.70. The molecule has 15 heavy (non-hydrogen) atoms. The minimum Gasteiger partial charge on any atom is -0.305 e. The van der Waals surface area contributed by atoms with Crippen LogP contribution in [0.4, 0.5) is 0 Å². The molecule has 2 aromatic rings. The van der Waals surface area contributed by atoms with Gasteiger partial charge in [-0.05, 0) is 35.6 Å². The molecule has 78 valence electrons. The summed E-state index contributed by atoms with van der Waals surface area (Å²) in [5.41, 5.74) is 1.43. The van der Waals surface area contributed by atoms with Crippen LogP contribution in [-0.4, -0.2) is 6.54 Å². The van der Waals surface area contributed by atoms with Crippen molar-refractivity contribution in [3.05, 3.63) is 43.2 Å². The average Bonchev–Trinajstić information content (AvgIpc) is 2.84. The summed E-state index contributed by atoms with van der Waals surface area (Å²) in [6.07, 6.45) is 1.16. The van der Waals surface area contributed by atoms with Crippen molar-refractivity contribution in [1.82, 2.24) is 5.32 Å². The molecule has 1 nitrogen and oxygen atoms in total. The first-order valence-corrected chi connectivity index (χ1v) is 6.97. The number of hydrogen-bond donors (Lipinski definition) is 1. The van der Waals surface area contributed by atoms with E-state index in [1.54, 1.807) is 11.3 Å². The number of halogens is 1. The molecule has 0 saturated carbocycles. The summed E-state index contributed by atoms with van der Waals surface area (Å²) in [5, 5.41) is 5.73. The molecule has 2 aromatic heterocycles. The molecule has 0 aliphatic carbocycles. The van der Waals surface area contributed by atoms with Crippen molar-refractivity contribution < 1.29 is 0 Å². The van der Waals surface area contributed by atoms with E-state index in [-0.39, 0.29) is 0 Å². The van der Waals surface area contributed by atoms with Gasteiger partial charge >= 0.3 is 0 Å². The lowest BCUT2D eigenvalue weighted by atomic mass is 10.0. The standard InChI is InChI=1S/C11H10ClNS2/c12-10-2-1-9(15-10)11-7-4-6-14-8(7)3-5-13-11/h1-2,4,6,11,13H,3,5H2. The molecule has 1 aliphatic rings. The van der Waals surface area contributed by atoms with Gasteiger partial charge < -0.3 is 5.32 Å². The summed E-state index contributed by atoms with van der Waals surface area (Å²) in [5.74, 6) is 0. The minimum atomic E-state index is 0.359. The van der Waals surface area contributed by atoms with Gasteiger partial charge in [0.15, 0.2) is 0 Å². The molecule has 0 bridgehead atoms. The van der Waals surface area contributed by atoms with Gasteiger partial charge in [-0.25, -0.2) is 0 Å². The van der Waals surface area contributed by atoms with Crippen molar-refractivity contribution >= 4 is 34.3 Å². The molecule has 0 radical (unpaired) electrons. The third kappa shape index (κ3) is 1.74. The SMILES string of the molecule is Clc1ccc(C2NCCc3sccc32)s1. The summed E-state index contributed by atoms with van der Waals surface area (Å²) in [4.78, 5) is 2.84. The minimum absolute atomic E-state index is 0.359. The third-order valence-electron chi connectivity index (χ3n) is 2.67. The summed E-state index contributed by atoms with van der Waals surface area (Å²) in [7, 11) is 0. The molecule has 3 heterocycles. The summed E-state index contributed by atoms with van der Waals surface area (Å²) in [6, 6.07) is 6.68. The second-order valence-electron chi connectivity index (χ2n) is 3.58. The maximum Gasteiger partial charge on any atom is 0.0931 e. The zero-order valence-corrected chi connectivity index (χ0v) is 10.4. The van der Waals surface area contributed by atoms with Gasteiger partial charge in [-0.3, -0.25) is 0 Å². The van der Waals surface area contributed by atoms with Crippen LogP contribution >= 0.6 is 34.3 Å². The summed E-state index contributed by atoms with van der Waals surface area (Å²) >= 11 is 9.51. The van der Waals surface area contributed by atoms with Gasteiger partial charge in [0.2, 0.25) is 0 Å². The first-order valence-electron chi connectivity index (χ1n) is 4.89. The Balaban J connectivity index is 2.02. The predicted molar refractivity (Wildman–Crippen MR) is 67.2 cm³/mol. The van der Waals surface area contributed by atoms with Crippen LogP contribution in [0.5, 0.6) is 0 Å². The fourth-order valence-corrected chi connectivity index (χ4v) is 4.06. The molecule has 1 aliphatic heterocycles. The summed E-state index contributed by atoms with van der Waals surface area (Å²) < 4.78 is 0.870. The van der Waals surface area contributed by atoms with E-state index in [2.05, 4.69) is 22.8 Å². The van der Waals surface area contributed by atoms with Gasteiger partial charge in [-0.1, -0.05) is 11.6 Å². The van der Waals surface area contributed by atoms with Gasteiger partial charge in [-0.15, -0.1) is 22.7 Å². The van der Waals surface area contributed by atoms with Crippen LogP contribution in [0.15, 0.2) is 23.6 Å². The van der Waals surface area contributed by atoms with Crippen molar-refractivity contribution in [2.45, 2.75) is 12.5 Å². The maximum atomic E-state index is 5.97. The molecule has 3 rings (SSSR count). The Hall–Kier alpha value is -0.350. The van der Waals surface area contributed by atoms with Gasteiger partial charge in [0.1, 0.15) is 0 Å². The molecule has 0 fully saturated rings. The second-order valence-corrected chi connectivity index (χ2v) is 6.33. The largest absolute Gasteiger partial charge is 0.305 e. The molecule has 1 N–H and O–H groups in total. The highest BCUT2D eigenvalue weighted by Gasteiger charge is 2.23. The Labute approximate surface area is 102 Å². The van der Waals surface area contributed by atoms with Gasteiger partial charge in [0.05, 0.1) is 10.4 Å². The highest BCUT2D eigenvalue weighted by molar-refractivity contribution is 7.16. The van der Waals surface area contributed by atoms with Crippen LogP contribution in [0.3, 0.4) is 0 Å². The zero-order chi connectivity index (χ0) is 10.3. The topological polar surface area (TPSA) is 12.0 Å². The van der Waals surface area contributed by atoms with Crippen LogP contribution in [0.2, 0.25) is 4.34 Å². The van der Waals surface area contributed by atoms with Crippen molar-refractivity contribution in [2.75, 3.05) is 6.54 Å². The zero-order valence-electron chi connectivity index (χ0n) is 8.00. The molecule has 1 unspecified atom stereocenters.